The number of hydrogen-bond acceptors (Lipinski definition) is 5. The van der Waals surface area contributed by atoms with E-state index in [-0.39, 0.29) is 23.4 Å². The Balaban J connectivity index is 1.66. The van der Waals surface area contributed by atoms with Crippen LogP contribution in [-0.2, 0) is 4.79 Å². The second-order valence-electron chi connectivity index (χ2n) is 7.39. The van der Waals surface area contributed by atoms with Crippen molar-refractivity contribution in [3.63, 3.8) is 0 Å². The molecule has 1 heterocycles. The minimum atomic E-state index is -0.391. The summed E-state index contributed by atoms with van der Waals surface area (Å²) in [7, 11) is 3.31. The monoisotopic (exact) mass is 430 g/mol. The summed E-state index contributed by atoms with van der Waals surface area (Å²) in [5.74, 6) is -0.596. The number of para-hydroxylation sites is 2. The Hall–Kier alpha value is -3.13. The zero-order valence-corrected chi connectivity index (χ0v) is 17.6. The van der Waals surface area contributed by atoms with Gasteiger partial charge in [0.1, 0.15) is 5.69 Å². The first kappa shape index (κ1) is 21.6. The van der Waals surface area contributed by atoms with Gasteiger partial charge in [-0.3, -0.25) is 19.7 Å². The van der Waals surface area contributed by atoms with E-state index in [1.165, 1.54) is 11.0 Å². The number of anilines is 2. The molecule has 0 spiro atoms. The van der Waals surface area contributed by atoms with E-state index in [0.717, 1.165) is 0 Å². The maximum atomic E-state index is 12.8. The van der Waals surface area contributed by atoms with Crippen molar-refractivity contribution in [2.75, 3.05) is 37.4 Å². The van der Waals surface area contributed by atoms with Gasteiger partial charge in [0.2, 0.25) is 5.91 Å². The summed E-state index contributed by atoms with van der Waals surface area (Å²) in [6, 6.07) is 11.4. The molecule has 1 saturated heterocycles. The topological polar surface area (TPSA) is 95.8 Å². The van der Waals surface area contributed by atoms with Crippen molar-refractivity contribution in [3.8, 4) is 0 Å². The standard InChI is InChI=1S/C21H23ClN4O4/c1-24(2)21(28)15-7-8-16(22)17(13-15)23-20(27)14-9-11-25(12-10-14)18-5-3-4-6-19(18)26(29)30/h3-8,13-14H,9-12H2,1-2H3,(H,23,27). The van der Waals surface area contributed by atoms with Gasteiger partial charge in [-0.1, -0.05) is 23.7 Å². The van der Waals surface area contributed by atoms with E-state index < -0.39 is 4.92 Å². The quantitative estimate of drug-likeness (QED) is 0.574. The predicted octanol–water partition coefficient (Wildman–Crippen LogP) is 3.81. The number of nitrogens with zero attached hydrogens (tertiary/aromatic N) is 3. The molecule has 0 saturated carbocycles. The van der Waals surface area contributed by atoms with Crippen molar-refractivity contribution in [1.82, 2.24) is 4.90 Å². The predicted molar refractivity (Wildman–Crippen MR) is 116 cm³/mol. The number of carbonyl (C=O) groups excluding carboxylic acids is 2. The van der Waals surface area contributed by atoms with Crippen molar-refractivity contribution in [1.29, 1.82) is 0 Å². The fraction of sp³-hybridized carbons (Fsp3) is 0.333. The van der Waals surface area contributed by atoms with Crippen LogP contribution in [0.5, 0.6) is 0 Å². The molecule has 1 N–H and O–H groups in total. The van der Waals surface area contributed by atoms with Gasteiger partial charge in [-0.2, -0.15) is 0 Å². The van der Waals surface area contributed by atoms with Crippen LogP contribution in [0.15, 0.2) is 42.5 Å². The highest BCUT2D eigenvalue weighted by Crippen LogP contribution is 2.32. The van der Waals surface area contributed by atoms with Crippen molar-refractivity contribution < 1.29 is 14.5 Å². The number of nitrogens with one attached hydrogen (secondary N) is 1. The average molecular weight is 431 g/mol. The summed E-state index contributed by atoms with van der Waals surface area (Å²) in [5.41, 5.74) is 1.47. The van der Waals surface area contributed by atoms with E-state index in [4.69, 9.17) is 11.6 Å². The molecular weight excluding hydrogens is 408 g/mol. The highest BCUT2D eigenvalue weighted by Gasteiger charge is 2.28. The van der Waals surface area contributed by atoms with Crippen LogP contribution in [0, 0.1) is 16.0 Å². The SMILES string of the molecule is CN(C)C(=O)c1ccc(Cl)c(NC(=O)C2CCN(c3ccccc3[N+](=O)[O-])CC2)c1. The number of carbonyl (C=O) groups is 2. The Labute approximate surface area is 179 Å². The third-order valence-electron chi connectivity index (χ3n) is 5.16. The fourth-order valence-corrected chi connectivity index (χ4v) is 3.68. The van der Waals surface area contributed by atoms with E-state index in [9.17, 15) is 19.7 Å². The lowest BCUT2D eigenvalue weighted by atomic mass is 9.95. The van der Waals surface area contributed by atoms with E-state index in [2.05, 4.69) is 5.32 Å². The zero-order chi connectivity index (χ0) is 21.8. The molecule has 2 aromatic carbocycles. The van der Waals surface area contributed by atoms with E-state index in [1.807, 2.05) is 4.90 Å². The summed E-state index contributed by atoms with van der Waals surface area (Å²) in [5, 5.41) is 14.5. The summed E-state index contributed by atoms with van der Waals surface area (Å²) in [4.78, 5) is 39.2. The Kier molecular flexibility index (Phi) is 6.56. The fourth-order valence-electron chi connectivity index (χ4n) is 3.52. The van der Waals surface area contributed by atoms with Gasteiger partial charge in [0.15, 0.2) is 0 Å². The van der Waals surface area contributed by atoms with Crippen LogP contribution in [-0.4, -0.2) is 48.8 Å². The number of nitro groups is 1. The Morgan fingerprint density at radius 2 is 1.83 bits per heavy atom. The minimum Gasteiger partial charge on any atom is -0.366 e. The molecule has 0 aliphatic carbocycles. The number of rotatable bonds is 5. The highest BCUT2D eigenvalue weighted by molar-refractivity contribution is 6.33. The number of benzene rings is 2. The van der Waals surface area contributed by atoms with Gasteiger partial charge in [-0.25, -0.2) is 0 Å². The van der Waals surface area contributed by atoms with Crippen molar-refractivity contribution in [2.45, 2.75) is 12.8 Å². The molecular formula is C21H23ClN4O4. The largest absolute Gasteiger partial charge is 0.366 e. The molecule has 0 bridgehead atoms. The maximum absolute atomic E-state index is 12.8. The van der Waals surface area contributed by atoms with Crippen LogP contribution >= 0.6 is 11.6 Å². The lowest BCUT2D eigenvalue weighted by Crippen LogP contribution is -2.38. The first-order chi connectivity index (χ1) is 14.3. The third-order valence-corrected chi connectivity index (χ3v) is 5.49. The summed E-state index contributed by atoms with van der Waals surface area (Å²) >= 11 is 6.20. The number of amides is 2. The lowest BCUT2D eigenvalue weighted by Gasteiger charge is -2.32. The average Bonchev–Trinajstić information content (AvgIpc) is 2.74. The third kappa shape index (κ3) is 4.71. The second-order valence-corrected chi connectivity index (χ2v) is 7.80. The van der Waals surface area contributed by atoms with Gasteiger partial charge in [0.25, 0.3) is 11.6 Å². The van der Waals surface area contributed by atoms with Gasteiger partial charge in [-0.15, -0.1) is 0 Å². The first-order valence-electron chi connectivity index (χ1n) is 9.58. The summed E-state index contributed by atoms with van der Waals surface area (Å²) < 4.78 is 0. The van der Waals surface area contributed by atoms with Crippen LogP contribution in [0.1, 0.15) is 23.2 Å². The number of piperidine rings is 1. The van der Waals surface area contributed by atoms with Crippen molar-refractivity contribution in [2.24, 2.45) is 5.92 Å². The molecule has 0 atom stereocenters. The van der Waals surface area contributed by atoms with Crippen molar-refractivity contribution >= 4 is 40.5 Å². The molecule has 30 heavy (non-hydrogen) atoms. The van der Waals surface area contributed by atoms with Gasteiger partial charge in [-0.05, 0) is 37.1 Å². The normalized spacial score (nSPS) is 14.3. The molecule has 1 aliphatic rings. The maximum Gasteiger partial charge on any atom is 0.292 e. The lowest BCUT2D eigenvalue weighted by molar-refractivity contribution is -0.384. The molecule has 0 unspecified atom stereocenters. The Morgan fingerprint density at radius 3 is 2.47 bits per heavy atom. The molecule has 2 amide bonds. The van der Waals surface area contributed by atoms with Crippen LogP contribution < -0.4 is 10.2 Å². The molecule has 2 aromatic rings. The molecule has 158 valence electrons. The minimum absolute atomic E-state index is 0.0644. The molecule has 3 rings (SSSR count). The van der Waals surface area contributed by atoms with Crippen molar-refractivity contribution in [3.05, 3.63) is 63.2 Å². The number of halogens is 1. The Bertz CT molecular complexity index is 971. The smallest absolute Gasteiger partial charge is 0.292 e. The summed E-state index contributed by atoms with van der Waals surface area (Å²) in [6.07, 6.45) is 1.12. The van der Waals surface area contributed by atoms with Crippen LogP contribution in [0.4, 0.5) is 17.1 Å². The van der Waals surface area contributed by atoms with Crippen LogP contribution in [0.3, 0.4) is 0 Å². The molecule has 9 heteroatoms. The Morgan fingerprint density at radius 1 is 1.17 bits per heavy atom. The van der Waals surface area contributed by atoms with E-state index >= 15 is 0 Å². The molecule has 0 radical (unpaired) electrons. The number of nitro benzene ring substituents is 1. The van der Waals surface area contributed by atoms with Gasteiger partial charge >= 0.3 is 0 Å². The first-order valence-corrected chi connectivity index (χ1v) is 9.96. The van der Waals surface area contributed by atoms with Gasteiger partial charge < -0.3 is 15.1 Å². The van der Waals surface area contributed by atoms with E-state index in [1.54, 1.807) is 50.5 Å². The second kappa shape index (κ2) is 9.13. The summed E-state index contributed by atoms with van der Waals surface area (Å²) in [6.45, 7) is 1.08. The van der Waals surface area contributed by atoms with Gasteiger partial charge in [0.05, 0.1) is 15.6 Å². The van der Waals surface area contributed by atoms with E-state index in [0.29, 0.717) is 47.9 Å². The highest BCUT2D eigenvalue weighted by atomic mass is 35.5. The van der Waals surface area contributed by atoms with Gasteiger partial charge in [0, 0.05) is 44.7 Å². The van der Waals surface area contributed by atoms with Crippen LogP contribution in [0.2, 0.25) is 5.02 Å². The van der Waals surface area contributed by atoms with Crippen LogP contribution in [0.25, 0.3) is 0 Å². The molecule has 8 nitrogen and oxygen atoms in total. The molecule has 0 aromatic heterocycles. The number of hydrogen-bond donors (Lipinski definition) is 1. The molecule has 1 fully saturated rings. The molecule has 1 aliphatic heterocycles. The zero-order valence-electron chi connectivity index (χ0n) is 16.8.